The maximum atomic E-state index is 12.8. The van der Waals surface area contributed by atoms with E-state index in [0.717, 1.165) is 6.07 Å². The molecule has 0 radical (unpaired) electrons. The van der Waals surface area contributed by atoms with E-state index in [0.29, 0.717) is 0 Å². The molecule has 1 unspecified atom stereocenters. The van der Waals surface area contributed by atoms with E-state index in [2.05, 4.69) is 15.9 Å². The number of hydrogen-bond acceptors (Lipinski definition) is 1. The molecule has 0 heterocycles. The summed E-state index contributed by atoms with van der Waals surface area (Å²) >= 11 is 3.08. The number of ketones is 1. The van der Waals surface area contributed by atoms with Gasteiger partial charge in [-0.3, -0.25) is 4.79 Å². The predicted molar refractivity (Wildman–Crippen MR) is 63.5 cm³/mol. The summed E-state index contributed by atoms with van der Waals surface area (Å²) in [5.41, 5.74) is -0.512. The minimum Gasteiger partial charge on any atom is -0.293 e. The van der Waals surface area contributed by atoms with Gasteiger partial charge >= 0.3 is 6.18 Å². The molecule has 0 N–H and O–H groups in total. The Morgan fingerprint density at radius 3 is 2.41 bits per heavy atom. The molecule has 94 valence electrons. The zero-order chi connectivity index (χ0) is 13.2. The van der Waals surface area contributed by atoms with Crippen molar-refractivity contribution in [3.8, 4) is 0 Å². The molecule has 0 aliphatic heterocycles. The highest BCUT2D eigenvalue weighted by Crippen LogP contribution is 2.34. The van der Waals surface area contributed by atoms with Crippen LogP contribution in [0.4, 0.5) is 13.2 Å². The second-order valence-electron chi connectivity index (χ2n) is 3.66. The lowest BCUT2D eigenvalue weighted by Crippen LogP contribution is -2.17. The molecule has 0 aliphatic carbocycles. The predicted octanol–water partition coefficient (Wildman–Crippen LogP) is 4.23. The van der Waals surface area contributed by atoms with E-state index in [1.54, 1.807) is 13.8 Å². The fraction of sp³-hybridized carbons (Fsp3) is 0.417. The lowest BCUT2D eigenvalue weighted by Gasteiger charge is -2.15. The first kappa shape index (κ1) is 14.2. The second-order valence-corrected chi connectivity index (χ2v) is 5.04. The van der Waals surface area contributed by atoms with Crippen molar-refractivity contribution in [3.63, 3.8) is 0 Å². The van der Waals surface area contributed by atoms with Crippen molar-refractivity contribution < 1.29 is 18.0 Å². The summed E-state index contributed by atoms with van der Waals surface area (Å²) < 4.78 is 38.3. The van der Waals surface area contributed by atoms with Crippen LogP contribution in [0.2, 0.25) is 0 Å². The fourth-order valence-electron chi connectivity index (χ4n) is 1.68. The van der Waals surface area contributed by atoms with Gasteiger partial charge < -0.3 is 0 Å². The average molecular weight is 309 g/mol. The smallest absolute Gasteiger partial charge is 0.293 e. The maximum absolute atomic E-state index is 12.8. The quantitative estimate of drug-likeness (QED) is 0.603. The van der Waals surface area contributed by atoms with Crippen LogP contribution in [0.15, 0.2) is 18.2 Å². The summed E-state index contributed by atoms with van der Waals surface area (Å²) in [5, 5.41) is 0. The molecule has 0 spiro atoms. The molecular formula is C12H12BrF3O. The van der Waals surface area contributed by atoms with Crippen LogP contribution in [-0.2, 0) is 12.6 Å². The average Bonchev–Trinajstić information content (AvgIpc) is 2.25. The van der Waals surface area contributed by atoms with Crippen molar-refractivity contribution in [2.24, 2.45) is 0 Å². The Morgan fingerprint density at radius 2 is 2.00 bits per heavy atom. The Balaban J connectivity index is 3.39. The number of Topliss-reactive ketones (excluding diaryl/α,β-unsaturated/α-hetero) is 1. The molecule has 17 heavy (non-hydrogen) atoms. The molecular weight excluding hydrogens is 297 g/mol. The fourth-order valence-corrected chi connectivity index (χ4v) is 1.93. The van der Waals surface area contributed by atoms with Crippen molar-refractivity contribution in [1.82, 2.24) is 0 Å². The van der Waals surface area contributed by atoms with Gasteiger partial charge in [0, 0.05) is 5.56 Å². The monoisotopic (exact) mass is 308 g/mol. The van der Waals surface area contributed by atoms with Crippen LogP contribution in [0, 0.1) is 0 Å². The SMILES string of the molecule is CCc1c(C(=O)C(C)Br)cccc1C(F)(F)F. The Morgan fingerprint density at radius 1 is 1.41 bits per heavy atom. The number of benzene rings is 1. The molecule has 5 heteroatoms. The van der Waals surface area contributed by atoms with Crippen LogP contribution < -0.4 is 0 Å². The summed E-state index contributed by atoms with van der Waals surface area (Å²) in [5.74, 6) is -0.326. The zero-order valence-corrected chi connectivity index (χ0v) is 11.0. The van der Waals surface area contributed by atoms with Crippen LogP contribution >= 0.6 is 15.9 Å². The van der Waals surface area contributed by atoms with Gasteiger partial charge in [-0.05, 0) is 25.0 Å². The van der Waals surface area contributed by atoms with Crippen molar-refractivity contribution in [2.75, 3.05) is 0 Å². The Labute approximate surface area is 106 Å². The van der Waals surface area contributed by atoms with E-state index in [4.69, 9.17) is 0 Å². The molecule has 0 amide bonds. The van der Waals surface area contributed by atoms with Crippen molar-refractivity contribution in [3.05, 3.63) is 34.9 Å². The van der Waals surface area contributed by atoms with Gasteiger partial charge in [0.15, 0.2) is 5.78 Å². The summed E-state index contributed by atoms with van der Waals surface area (Å²) in [6, 6.07) is 3.72. The number of alkyl halides is 4. The molecule has 0 aliphatic rings. The first-order valence-electron chi connectivity index (χ1n) is 5.16. The van der Waals surface area contributed by atoms with Gasteiger partial charge in [0.2, 0.25) is 0 Å². The number of rotatable bonds is 3. The summed E-state index contributed by atoms with van der Waals surface area (Å²) in [6.07, 6.45) is -4.24. The Hall–Kier alpha value is -0.840. The van der Waals surface area contributed by atoms with E-state index >= 15 is 0 Å². The van der Waals surface area contributed by atoms with Gasteiger partial charge in [-0.1, -0.05) is 35.0 Å². The number of hydrogen-bond donors (Lipinski definition) is 0. The van der Waals surface area contributed by atoms with Crippen LogP contribution in [-0.4, -0.2) is 10.6 Å². The largest absolute Gasteiger partial charge is 0.416 e. The standard InChI is InChI=1S/C12H12BrF3O/c1-3-8-9(11(17)7(2)13)5-4-6-10(8)12(14,15)16/h4-7H,3H2,1-2H3. The van der Waals surface area contributed by atoms with Gasteiger partial charge in [0.25, 0.3) is 0 Å². The molecule has 1 aromatic carbocycles. The van der Waals surface area contributed by atoms with Crippen LogP contribution in [0.25, 0.3) is 0 Å². The summed E-state index contributed by atoms with van der Waals surface area (Å²) in [4.78, 5) is 11.3. The third kappa shape index (κ3) is 3.09. The minimum absolute atomic E-state index is 0.0660. The van der Waals surface area contributed by atoms with Crippen molar-refractivity contribution in [2.45, 2.75) is 31.3 Å². The van der Waals surface area contributed by atoms with E-state index in [9.17, 15) is 18.0 Å². The molecule has 1 atom stereocenters. The molecule has 0 saturated carbocycles. The lowest BCUT2D eigenvalue weighted by molar-refractivity contribution is -0.138. The molecule has 0 saturated heterocycles. The Kier molecular flexibility index (Phi) is 4.36. The molecule has 0 fully saturated rings. The van der Waals surface area contributed by atoms with E-state index in [1.807, 2.05) is 0 Å². The third-order valence-electron chi connectivity index (χ3n) is 2.46. The van der Waals surface area contributed by atoms with Gasteiger partial charge in [-0.15, -0.1) is 0 Å². The highest BCUT2D eigenvalue weighted by atomic mass is 79.9. The van der Waals surface area contributed by atoms with E-state index in [1.165, 1.54) is 12.1 Å². The highest BCUT2D eigenvalue weighted by Gasteiger charge is 2.34. The molecule has 1 nitrogen and oxygen atoms in total. The van der Waals surface area contributed by atoms with Crippen LogP contribution in [0.1, 0.15) is 35.3 Å². The summed E-state index contributed by atoms with van der Waals surface area (Å²) in [6.45, 7) is 3.21. The molecule has 1 rings (SSSR count). The van der Waals surface area contributed by atoms with Gasteiger partial charge in [0.1, 0.15) is 0 Å². The van der Waals surface area contributed by atoms with E-state index < -0.39 is 16.6 Å². The van der Waals surface area contributed by atoms with Crippen LogP contribution in [0.5, 0.6) is 0 Å². The minimum atomic E-state index is -4.42. The van der Waals surface area contributed by atoms with Crippen molar-refractivity contribution >= 4 is 21.7 Å². The maximum Gasteiger partial charge on any atom is 0.416 e. The summed E-state index contributed by atoms with van der Waals surface area (Å²) in [7, 11) is 0. The van der Waals surface area contributed by atoms with Crippen molar-refractivity contribution in [1.29, 1.82) is 0 Å². The molecule has 0 bridgehead atoms. The topological polar surface area (TPSA) is 17.1 Å². The molecule has 0 aromatic heterocycles. The lowest BCUT2D eigenvalue weighted by atomic mass is 9.95. The van der Waals surface area contributed by atoms with Crippen LogP contribution in [0.3, 0.4) is 0 Å². The zero-order valence-electron chi connectivity index (χ0n) is 9.44. The van der Waals surface area contributed by atoms with E-state index in [-0.39, 0.29) is 23.3 Å². The number of halogens is 4. The third-order valence-corrected chi connectivity index (χ3v) is 2.88. The van der Waals surface area contributed by atoms with Gasteiger partial charge in [-0.2, -0.15) is 13.2 Å². The number of carbonyl (C=O) groups is 1. The normalized spacial score (nSPS) is 13.5. The first-order valence-corrected chi connectivity index (χ1v) is 6.08. The highest BCUT2D eigenvalue weighted by molar-refractivity contribution is 9.10. The van der Waals surface area contributed by atoms with Gasteiger partial charge in [0.05, 0.1) is 10.4 Å². The van der Waals surface area contributed by atoms with Gasteiger partial charge in [-0.25, -0.2) is 0 Å². The molecule has 1 aromatic rings. The second kappa shape index (κ2) is 5.21. The first-order chi connectivity index (χ1) is 7.79. The Bertz CT molecular complexity index is 424. The number of carbonyl (C=O) groups excluding carboxylic acids is 1.